The van der Waals surface area contributed by atoms with Crippen molar-refractivity contribution < 1.29 is 0 Å². The standard InChI is InChI=1S/C20H20N2.C8H12N2.C6H5Br/c1-15-13-16(2)20(22-18-11-7-4-8-12-18)19(14-15)21-17-9-5-3-6-10-17;1-5-3-6(2)8(10)7(9)4-5;7-6-4-2-1-3-5-6/h3-14,21-22H,1-2H3;3-4H,9-10H2,1-2H3;1-5H. The molecule has 6 N–H and O–H groups in total. The second-order valence-corrected chi connectivity index (χ2v) is 10.3. The lowest BCUT2D eigenvalue weighted by Gasteiger charge is -2.17. The first-order valence-electron chi connectivity index (χ1n) is 12.8. The highest BCUT2D eigenvalue weighted by Crippen LogP contribution is 2.32. The van der Waals surface area contributed by atoms with Gasteiger partial charge in [0.25, 0.3) is 0 Å². The third-order valence-corrected chi connectivity index (χ3v) is 6.40. The van der Waals surface area contributed by atoms with Gasteiger partial charge in [-0.05, 0) is 98.5 Å². The van der Waals surface area contributed by atoms with Crippen LogP contribution in [-0.2, 0) is 0 Å². The molecule has 0 fully saturated rings. The van der Waals surface area contributed by atoms with Gasteiger partial charge in [-0.15, -0.1) is 0 Å². The molecule has 200 valence electrons. The van der Waals surface area contributed by atoms with Crippen LogP contribution >= 0.6 is 15.9 Å². The van der Waals surface area contributed by atoms with Crippen molar-refractivity contribution in [2.24, 2.45) is 0 Å². The summed E-state index contributed by atoms with van der Waals surface area (Å²) in [5.74, 6) is 0. The number of aryl methyl sites for hydroxylation is 4. The molecule has 5 aromatic carbocycles. The van der Waals surface area contributed by atoms with Crippen LogP contribution in [0.1, 0.15) is 22.3 Å². The quantitative estimate of drug-likeness (QED) is 0.159. The normalized spacial score (nSPS) is 9.87. The van der Waals surface area contributed by atoms with E-state index in [0.717, 1.165) is 38.3 Å². The van der Waals surface area contributed by atoms with Crippen molar-refractivity contribution in [3.05, 3.63) is 142 Å². The van der Waals surface area contributed by atoms with Crippen LogP contribution in [0.3, 0.4) is 0 Å². The summed E-state index contributed by atoms with van der Waals surface area (Å²) in [7, 11) is 0. The molecule has 0 amide bonds. The fourth-order valence-electron chi connectivity index (χ4n) is 4.00. The molecule has 0 heterocycles. The maximum absolute atomic E-state index is 5.63. The van der Waals surface area contributed by atoms with E-state index in [1.807, 2.05) is 92.7 Å². The second kappa shape index (κ2) is 14.6. The van der Waals surface area contributed by atoms with Gasteiger partial charge < -0.3 is 22.1 Å². The summed E-state index contributed by atoms with van der Waals surface area (Å²) in [4.78, 5) is 0. The van der Waals surface area contributed by atoms with E-state index in [1.54, 1.807) is 0 Å². The molecule has 0 aliphatic carbocycles. The molecule has 0 saturated carbocycles. The van der Waals surface area contributed by atoms with Crippen molar-refractivity contribution in [1.29, 1.82) is 0 Å². The zero-order valence-corrected chi connectivity index (χ0v) is 24.6. The molecule has 0 unspecified atom stereocenters. The van der Waals surface area contributed by atoms with Gasteiger partial charge in [0.2, 0.25) is 0 Å². The van der Waals surface area contributed by atoms with Crippen molar-refractivity contribution in [3.63, 3.8) is 0 Å². The minimum Gasteiger partial charge on any atom is -0.397 e. The number of hydrogen-bond donors (Lipinski definition) is 4. The number of nitrogens with two attached hydrogens (primary N) is 2. The minimum atomic E-state index is 0.678. The predicted molar refractivity (Wildman–Crippen MR) is 174 cm³/mol. The largest absolute Gasteiger partial charge is 0.397 e. The van der Waals surface area contributed by atoms with Crippen LogP contribution in [0.4, 0.5) is 34.1 Å². The van der Waals surface area contributed by atoms with Crippen molar-refractivity contribution in [2.45, 2.75) is 27.7 Å². The predicted octanol–water partition coefficient (Wildman–Crippen LogP) is 9.71. The molecular formula is C34H37BrN4. The van der Waals surface area contributed by atoms with Gasteiger partial charge in [0, 0.05) is 15.8 Å². The monoisotopic (exact) mass is 580 g/mol. The SMILES string of the molecule is Brc1ccccc1.Cc1cc(C)c(N)c(N)c1.Cc1cc(C)c(Nc2ccccc2)c(Nc2ccccc2)c1. The Hall–Kier alpha value is -4.22. The topological polar surface area (TPSA) is 76.1 Å². The zero-order valence-electron chi connectivity index (χ0n) is 23.0. The molecule has 0 aromatic heterocycles. The number of para-hydroxylation sites is 2. The fraction of sp³-hybridized carbons (Fsp3) is 0.118. The maximum atomic E-state index is 5.63. The van der Waals surface area contributed by atoms with Crippen LogP contribution < -0.4 is 22.1 Å². The Bertz CT molecular complexity index is 1430. The first-order valence-corrected chi connectivity index (χ1v) is 13.6. The van der Waals surface area contributed by atoms with Gasteiger partial charge in [-0.3, -0.25) is 0 Å². The van der Waals surface area contributed by atoms with Crippen LogP contribution in [0.25, 0.3) is 0 Å². The number of anilines is 6. The van der Waals surface area contributed by atoms with Gasteiger partial charge in [-0.2, -0.15) is 0 Å². The minimum absolute atomic E-state index is 0.678. The van der Waals surface area contributed by atoms with Gasteiger partial charge in [0.05, 0.1) is 22.7 Å². The first-order chi connectivity index (χ1) is 18.7. The molecule has 0 radical (unpaired) electrons. The van der Waals surface area contributed by atoms with Crippen LogP contribution in [0.2, 0.25) is 0 Å². The van der Waals surface area contributed by atoms with E-state index in [1.165, 1.54) is 11.1 Å². The highest BCUT2D eigenvalue weighted by Gasteiger charge is 2.08. The maximum Gasteiger partial charge on any atom is 0.0653 e. The number of nitrogens with one attached hydrogen (secondary N) is 2. The fourth-order valence-corrected chi connectivity index (χ4v) is 4.31. The van der Waals surface area contributed by atoms with Crippen molar-refractivity contribution in [3.8, 4) is 0 Å². The molecular weight excluding hydrogens is 544 g/mol. The Morgan fingerprint density at radius 3 is 1.49 bits per heavy atom. The Morgan fingerprint density at radius 1 is 0.538 bits per heavy atom. The molecule has 0 bridgehead atoms. The van der Waals surface area contributed by atoms with Gasteiger partial charge >= 0.3 is 0 Å². The molecule has 39 heavy (non-hydrogen) atoms. The highest BCUT2D eigenvalue weighted by atomic mass is 79.9. The Kier molecular flexibility index (Phi) is 11.0. The summed E-state index contributed by atoms with van der Waals surface area (Å²) < 4.78 is 1.13. The van der Waals surface area contributed by atoms with E-state index in [4.69, 9.17) is 11.5 Å². The number of halogens is 1. The smallest absolute Gasteiger partial charge is 0.0653 e. The summed E-state index contributed by atoms with van der Waals surface area (Å²) >= 11 is 3.31. The summed E-state index contributed by atoms with van der Waals surface area (Å²) in [6.45, 7) is 8.21. The Labute approximate surface area is 241 Å². The third kappa shape index (κ3) is 9.55. The number of hydrogen-bond acceptors (Lipinski definition) is 4. The molecule has 5 rings (SSSR count). The van der Waals surface area contributed by atoms with Crippen LogP contribution in [-0.4, -0.2) is 0 Å². The summed E-state index contributed by atoms with van der Waals surface area (Å²) in [5, 5.41) is 7.04. The van der Waals surface area contributed by atoms with Crippen LogP contribution in [0.5, 0.6) is 0 Å². The lowest BCUT2D eigenvalue weighted by molar-refractivity contribution is 1.36. The number of nitrogen functional groups attached to an aromatic ring is 2. The van der Waals surface area contributed by atoms with E-state index >= 15 is 0 Å². The van der Waals surface area contributed by atoms with Gasteiger partial charge in [-0.1, -0.05) is 82.7 Å². The van der Waals surface area contributed by atoms with Crippen LogP contribution in [0.15, 0.2) is 120 Å². The van der Waals surface area contributed by atoms with E-state index in [9.17, 15) is 0 Å². The zero-order chi connectivity index (χ0) is 28.2. The van der Waals surface area contributed by atoms with Gasteiger partial charge in [0.1, 0.15) is 0 Å². The highest BCUT2D eigenvalue weighted by molar-refractivity contribution is 9.10. The first kappa shape index (κ1) is 29.3. The molecule has 0 atom stereocenters. The Morgan fingerprint density at radius 2 is 1.00 bits per heavy atom. The molecule has 5 heteroatoms. The summed E-state index contributed by atoms with van der Waals surface area (Å²) in [5.41, 5.74) is 21.7. The van der Waals surface area contributed by atoms with Crippen molar-refractivity contribution in [2.75, 3.05) is 22.1 Å². The number of benzene rings is 5. The summed E-state index contributed by atoms with van der Waals surface area (Å²) in [6, 6.07) is 38.7. The van der Waals surface area contributed by atoms with Gasteiger partial charge in [-0.25, -0.2) is 0 Å². The average Bonchev–Trinajstić information content (AvgIpc) is 2.91. The molecule has 0 aliphatic heterocycles. The van der Waals surface area contributed by atoms with Crippen molar-refractivity contribution in [1.82, 2.24) is 0 Å². The molecule has 4 nitrogen and oxygen atoms in total. The molecule has 0 spiro atoms. The number of rotatable bonds is 4. The van der Waals surface area contributed by atoms with Crippen molar-refractivity contribution >= 4 is 50.1 Å². The summed E-state index contributed by atoms with van der Waals surface area (Å²) in [6.07, 6.45) is 0. The average molecular weight is 582 g/mol. The molecule has 5 aromatic rings. The lowest BCUT2D eigenvalue weighted by Crippen LogP contribution is -2.00. The molecule has 0 saturated heterocycles. The van der Waals surface area contributed by atoms with E-state index < -0.39 is 0 Å². The van der Waals surface area contributed by atoms with Gasteiger partial charge in [0.15, 0.2) is 0 Å². The van der Waals surface area contributed by atoms with Crippen LogP contribution in [0, 0.1) is 27.7 Å². The lowest BCUT2D eigenvalue weighted by atomic mass is 10.1. The van der Waals surface area contributed by atoms with E-state index in [2.05, 4.69) is 76.8 Å². The van der Waals surface area contributed by atoms with E-state index in [-0.39, 0.29) is 0 Å². The second-order valence-electron chi connectivity index (χ2n) is 9.37. The third-order valence-electron chi connectivity index (χ3n) is 5.87. The van der Waals surface area contributed by atoms with E-state index in [0.29, 0.717) is 11.4 Å². The Balaban J connectivity index is 0.000000202. The molecule has 0 aliphatic rings.